The van der Waals surface area contributed by atoms with Gasteiger partial charge in [-0.05, 0) is 32.1 Å². The number of methoxy groups -OCH3 is 1. The molecule has 5 atom stereocenters. The number of amides is 1. The van der Waals surface area contributed by atoms with E-state index in [1.165, 1.54) is 7.11 Å². The zero-order chi connectivity index (χ0) is 15.4. The van der Waals surface area contributed by atoms with E-state index in [9.17, 15) is 9.59 Å². The molecule has 1 rings (SSSR count). The van der Waals surface area contributed by atoms with E-state index in [0.29, 0.717) is 12.3 Å². The van der Waals surface area contributed by atoms with Gasteiger partial charge in [-0.15, -0.1) is 0 Å². The molecule has 0 spiro atoms. The molecule has 5 unspecified atom stereocenters. The molecule has 5 nitrogen and oxygen atoms in total. The highest BCUT2D eigenvalue weighted by molar-refractivity contribution is 5.86. The standard InChI is InChI=1S/C15H27NO4/c1-8(2)7-12(15(18)19-6)16-14(17)13-9(3)10(4)20-11(13)5/h8-13H,7H2,1-6H3,(H,16,17). The van der Waals surface area contributed by atoms with Gasteiger partial charge in [-0.25, -0.2) is 4.79 Å². The van der Waals surface area contributed by atoms with Crippen LogP contribution in [0.1, 0.15) is 41.0 Å². The van der Waals surface area contributed by atoms with Crippen LogP contribution in [0, 0.1) is 17.8 Å². The van der Waals surface area contributed by atoms with E-state index in [4.69, 9.17) is 9.47 Å². The fourth-order valence-corrected chi connectivity index (χ4v) is 2.81. The molecule has 116 valence electrons. The summed E-state index contributed by atoms with van der Waals surface area (Å²) in [5, 5.41) is 2.83. The van der Waals surface area contributed by atoms with E-state index in [-0.39, 0.29) is 35.9 Å². The minimum Gasteiger partial charge on any atom is -0.467 e. The molecule has 5 heteroatoms. The molecule has 0 aromatic rings. The lowest BCUT2D eigenvalue weighted by atomic mass is 9.88. The van der Waals surface area contributed by atoms with Crippen molar-refractivity contribution in [1.82, 2.24) is 5.32 Å². The maximum atomic E-state index is 12.4. The highest BCUT2D eigenvalue weighted by atomic mass is 16.5. The van der Waals surface area contributed by atoms with E-state index in [2.05, 4.69) is 5.32 Å². The van der Waals surface area contributed by atoms with Crippen LogP contribution < -0.4 is 5.32 Å². The number of carbonyl (C=O) groups is 2. The van der Waals surface area contributed by atoms with Crippen LogP contribution in [0.3, 0.4) is 0 Å². The smallest absolute Gasteiger partial charge is 0.328 e. The molecule has 1 saturated heterocycles. The first kappa shape index (κ1) is 17.0. The van der Waals surface area contributed by atoms with Gasteiger partial charge >= 0.3 is 5.97 Å². The van der Waals surface area contributed by atoms with Gasteiger partial charge in [0, 0.05) is 0 Å². The Labute approximate surface area is 121 Å². The van der Waals surface area contributed by atoms with Crippen LogP contribution in [0.15, 0.2) is 0 Å². The molecule has 1 fully saturated rings. The summed E-state index contributed by atoms with van der Waals surface area (Å²) < 4.78 is 10.4. The van der Waals surface area contributed by atoms with Crippen molar-refractivity contribution in [1.29, 1.82) is 0 Å². The van der Waals surface area contributed by atoms with Gasteiger partial charge in [-0.3, -0.25) is 4.79 Å². The summed E-state index contributed by atoms with van der Waals surface area (Å²) in [5.41, 5.74) is 0. The van der Waals surface area contributed by atoms with Gasteiger partial charge in [0.2, 0.25) is 5.91 Å². The highest BCUT2D eigenvalue weighted by Crippen LogP contribution is 2.32. The Morgan fingerprint density at radius 3 is 2.20 bits per heavy atom. The first-order valence-electron chi connectivity index (χ1n) is 7.31. The first-order valence-corrected chi connectivity index (χ1v) is 7.31. The Balaban J connectivity index is 2.73. The maximum absolute atomic E-state index is 12.4. The van der Waals surface area contributed by atoms with E-state index < -0.39 is 6.04 Å². The number of carbonyl (C=O) groups excluding carboxylic acids is 2. The van der Waals surface area contributed by atoms with Crippen molar-refractivity contribution in [3.63, 3.8) is 0 Å². The predicted molar refractivity (Wildman–Crippen MR) is 76.1 cm³/mol. The van der Waals surface area contributed by atoms with Crippen molar-refractivity contribution in [2.24, 2.45) is 17.8 Å². The Morgan fingerprint density at radius 2 is 1.80 bits per heavy atom. The second kappa shape index (κ2) is 7.07. The van der Waals surface area contributed by atoms with Crippen LogP contribution in [0.2, 0.25) is 0 Å². The quantitative estimate of drug-likeness (QED) is 0.782. The van der Waals surface area contributed by atoms with E-state index >= 15 is 0 Å². The summed E-state index contributed by atoms with van der Waals surface area (Å²) in [5.74, 6) is -0.288. The molecule has 1 aliphatic rings. The Hall–Kier alpha value is -1.10. The van der Waals surface area contributed by atoms with E-state index in [1.807, 2.05) is 34.6 Å². The molecule has 0 aliphatic carbocycles. The Kier molecular flexibility index (Phi) is 5.99. The van der Waals surface area contributed by atoms with Crippen molar-refractivity contribution in [2.75, 3.05) is 7.11 Å². The molecular weight excluding hydrogens is 258 g/mol. The second-order valence-electron chi connectivity index (χ2n) is 6.15. The second-order valence-corrected chi connectivity index (χ2v) is 6.15. The van der Waals surface area contributed by atoms with Crippen molar-refractivity contribution in [3.8, 4) is 0 Å². The average molecular weight is 285 g/mol. The highest BCUT2D eigenvalue weighted by Gasteiger charge is 2.42. The summed E-state index contributed by atoms with van der Waals surface area (Å²) in [4.78, 5) is 24.2. The normalized spacial score (nSPS) is 31.1. The fourth-order valence-electron chi connectivity index (χ4n) is 2.81. The van der Waals surface area contributed by atoms with Gasteiger partial charge in [0.15, 0.2) is 0 Å². The SMILES string of the molecule is COC(=O)C(CC(C)C)NC(=O)C1C(C)OC(C)C1C. The summed E-state index contributed by atoms with van der Waals surface area (Å²) in [6, 6.07) is -0.581. The van der Waals surface area contributed by atoms with Gasteiger partial charge < -0.3 is 14.8 Å². The van der Waals surface area contributed by atoms with Crippen LogP contribution in [0.25, 0.3) is 0 Å². The molecule has 0 aromatic heterocycles. The van der Waals surface area contributed by atoms with Crippen LogP contribution in [0.5, 0.6) is 0 Å². The number of ether oxygens (including phenoxy) is 2. The third kappa shape index (κ3) is 3.95. The number of nitrogens with one attached hydrogen (secondary N) is 1. The monoisotopic (exact) mass is 285 g/mol. The molecule has 0 bridgehead atoms. The topological polar surface area (TPSA) is 64.6 Å². The zero-order valence-electron chi connectivity index (χ0n) is 13.3. The third-order valence-corrected chi connectivity index (χ3v) is 4.05. The van der Waals surface area contributed by atoms with Gasteiger partial charge in [-0.2, -0.15) is 0 Å². The van der Waals surface area contributed by atoms with Gasteiger partial charge in [0.1, 0.15) is 6.04 Å². The molecule has 20 heavy (non-hydrogen) atoms. The molecule has 0 saturated carbocycles. The number of rotatable bonds is 5. The molecule has 1 heterocycles. The lowest BCUT2D eigenvalue weighted by Crippen LogP contribution is -2.47. The van der Waals surface area contributed by atoms with Crippen LogP contribution in [-0.2, 0) is 19.1 Å². The Morgan fingerprint density at radius 1 is 1.20 bits per heavy atom. The van der Waals surface area contributed by atoms with Crippen LogP contribution in [-0.4, -0.2) is 37.2 Å². The lowest BCUT2D eigenvalue weighted by Gasteiger charge is -2.23. The van der Waals surface area contributed by atoms with Crippen molar-refractivity contribution in [2.45, 2.75) is 59.3 Å². The van der Waals surface area contributed by atoms with Gasteiger partial charge in [-0.1, -0.05) is 20.8 Å². The van der Waals surface area contributed by atoms with Crippen LogP contribution in [0.4, 0.5) is 0 Å². The Bertz CT molecular complexity index is 356. The summed E-state index contributed by atoms with van der Waals surface area (Å²) in [7, 11) is 1.34. The summed E-state index contributed by atoms with van der Waals surface area (Å²) in [6.45, 7) is 9.90. The van der Waals surface area contributed by atoms with E-state index in [1.54, 1.807) is 0 Å². The number of esters is 1. The van der Waals surface area contributed by atoms with Crippen LogP contribution >= 0.6 is 0 Å². The summed E-state index contributed by atoms with van der Waals surface area (Å²) in [6.07, 6.45) is 0.504. The number of hydrogen-bond donors (Lipinski definition) is 1. The van der Waals surface area contributed by atoms with Crippen molar-refractivity contribution < 1.29 is 19.1 Å². The summed E-state index contributed by atoms with van der Waals surface area (Å²) >= 11 is 0. The predicted octanol–water partition coefficient (Wildman–Crippen LogP) is 1.75. The average Bonchev–Trinajstić information content (AvgIpc) is 2.60. The largest absolute Gasteiger partial charge is 0.467 e. The van der Waals surface area contributed by atoms with Crippen molar-refractivity contribution in [3.05, 3.63) is 0 Å². The van der Waals surface area contributed by atoms with Gasteiger partial charge in [0.25, 0.3) is 0 Å². The van der Waals surface area contributed by atoms with Gasteiger partial charge in [0.05, 0.1) is 25.2 Å². The third-order valence-electron chi connectivity index (χ3n) is 4.05. The molecule has 0 radical (unpaired) electrons. The fraction of sp³-hybridized carbons (Fsp3) is 0.867. The minimum absolute atomic E-state index is 0.0578. The lowest BCUT2D eigenvalue weighted by molar-refractivity contribution is -0.146. The molecule has 0 aromatic carbocycles. The molecular formula is C15H27NO4. The molecule has 1 aliphatic heterocycles. The first-order chi connectivity index (χ1) is 9.27. The molecule has 1 amide bonds. The maximum Gasteiger partial charge on any atom is 0.328 e. The van der Waals surface area contributed by atoms with E-state index in [0.717, 1.165) is 0 Å². The number of hydrogen-bond acceptors (Lipinski definition) is 4. The zero-order valence-corrected chi connectivity index (χ0v) is 13.3. The minimum atomic E-state index is -0.581. The van der Waals surface area contributed by atoms with Crippen molar-refractivity contribution >= 4 is 11.9 Å². The molecule has 1 N–H and O–H groups in total.